The summed E-state index contributed by atoms with van der Waals surface area (Å²) in [6, 6.07) is 12.8. The van der Waals surface area contributed by atoms with Crippen molar-refractivity contribution in [2.24, 2.45) is 17.2 Å². The van der Waals surface area contributed by atoms with Gasteiger partial charge in [-0.3, -0.25) is 19.4 Å². The number of halogens is 3. The van der Waals surface area contributed by atoms with Gasteiger partial charge in [-0.15, -0.1) is 0 Å². The normalized spacial score (nSPS) is 16.2. The number of thiol groups is 1. The number of aliphatic carboxylic acids is 1. The van der Waals surface area contributed by atoms with E-state index in [0.717, 1.165) is 41.5 Å². The SMILES string of the molecule is CSCCC(N)C(=O)O.NC(CO)(CO)CO.NC(CS)CN1CCC[C@H]1CN(CC(=O)OC(=O)C(F)(F)F)Cc1cccc2ccccc12. The number of benzene rings is 2. The second kappa shape index (κ2) is 23.1. The Balaban J connectivity index is 0.000000605. The van der Waals surface area contributed by atoms with Crippen LogP contribution in [0, 0.1) is 0 Å². The number of aliphatic hydroxyl groups is 3. The fourth-order valence-corrected chi connectivity index (χ4v) is 5.36. The van der Waals surface area contributed by atoms with Gasteiger partial charge in [0.1, 0.15) is 6.04 Å². The number of hydrogen-bond acceptors (Lipinski definition) is 14. The van der Waals surface area contributed by atoms with E-state index >= 15 is 0 Å². The van der Waals surface area contributed by atoms with E-state index in [-0.39, 0.29) is 12.1 Å². The van der Waals surface area contributed by atoms with Gasteiger partial charge in [0.2, 0.25) is 0 Å². The zero-order valence-corrected chi connectivity index (χ0v) is 29.7. The van der Waals surface area contributed by atoms with Crippen molar-refractivity contribution < 1.29 is 52.7 Å². The van der Waals surface area contributed by atoms with Crippen molar-refractivity contribution in [1.29, 1.82) is 0 Å². The number of carbonyl (C=O) groups excluding carboxylic acids is 2. The van der Waals surface area contributed by atoms with Gasteiger partial charge >= 0.3 is 24.1 Å². The van der Waals surface area contributed by atoms with Crippen LogP contribution in [-0.2, 0) is 25.7 Å². The van der Waals surface area contributed by atoms with E-state index in [4.69, 9.17) is 37.6 Å². The van der Waals surface area contributed by atoms with Crippen LogP contribution in [0.4, 0.5) is 13.2 Å². The first-order valence-electron chi connectivity index (χ1n) is 15.7. The lowest BCUT2D eigenvalue weighted by atomic mass is 10.0. The Morgan fingerprint density at radius 1 is 1.08 bits per heavy atom. The van der Waals surface area contributed by atoms with Crippen LogP contribution in [0.3, 0.4) is 0 Å². The zero-order chi connectivity index (χ0) is 37.9. The molecule has 2 aromatic rings. The Morgan fingerprint density at radius 3 is 2.24 bits per heavy atom. The van der Waals surface area contributed by atoms with Crippen molar-refractivity contribution in [3.05, 3.63) is 48.0 Å². The third kappa shape index (κ3) is 16.7. The Morgan fingerprint density at radius 2 is 1.70 bits per heavy atom. The molecule has 1 fully saturated rings. The van der Waals surface area contributed by atoms with E-state index in [0.29, 0.717) is 31.8 Å². The number of carbonyl (C=O) groups is 3. The monoisotopic (exact) mass is 753 g/mol. The summed E-state index contributed by atoms with van der Waals surface area (Å²) in [4.78, 5) is 37.4. The lowest BCUT2D eigenvalue weighted by molar-refractivity contribution is -0.202. The molecule has 284 valence electrons. The molecule has 3 atom stereocenters. The van der Waals surface area contributed by atoms with E-state index < -0.39 is 62.0 Å². The summed E-state index contributed by atoms with van der Waals surface area (Å²) >= 11 is 5.85. The van der Waals surface area contributed by atoms with Crippen molar-refractivity contribution in [3.63, 3.8) is 0 Å². The topological polar surface area (TPSA) is 226 Å². The van der Waals surface area contributed by atoms with Crippen LogP contribution >= 0.6 is 24.4 Å². The summed E-state index contributed by atoms with van der Waals surface area (Å²) in [5, 5.41) is 35.3. The lowest BCUT2D eigenvalue weighted by Crippen LogP contribution is -2.50. The summed E-state index contributed by atoms with van der Waals surface area (Å²) in [6.45, 7) is 0.601. The minimum absolute atomic E-state index is 0.0806. The van der Waals surface area contributed by atoms with E-state index in [2.05, 4.69) is 22.3 Å². The smallest absolute Gasteiger partial charge is 0.480 e. The Labute approximate surface area is 299 Å². The number of alkyl halides is 3. The minimum atomic E-state index is -5.22. The number of nitrogens with zero attached hydrogens (tertiary/aromatic N) is 2. The summed E-state index contributed by atoms with van der Waals surface area (Å²) in [5.41, 5.74) is 16.1. The average Bonchev–Trinajstić information content (AvgIpc) is 3.52. The third-order valence-corrected chi connectivity index (χ3v) is 8.74. The summed E-state index contributed by atoms with van der Waals surface area (Å²) in [6.07, 6.45) is -0.905. The van der Waals surface area contributed by atoms with Crippen LogP contribution in [0.25, 0.3) is 10.8 Å². The highest BCUT2D eigenvalue weighted by molar-refractivity contribution is 7.98. The predicted molar refractivity (Wildman–Crippen MR) is 190 cm³/mol. The highest BCUT2D eigenvalue weighted by atomic mass is 32.2. The van der Waals surface area contributed by atoms with Crippen LogP contribution in [0.15, 0.2) is 42.5 Å². The van der Waals surface area contributed by atoms with Crippen molar-refractivity contribution in [2.75, 3.05) is 63.8 Å². The number of carboxylic acids is 1. The van der Waals surface area contributed by atoms with Crippen LogP contribution < -0.4 is 17.2 Å². The molecular formula is C32H50F3N5O8S2. The number of likely N-dealkylation sites (tertiary alicyclic amines) is 1. The molecule has 2 unspecified atom stereocenters. The summed E-state index contributed by atoms with van der Waals surface area (Å²) in [7, 11) is 0. The maximum absolute atomic E-state index is 12.5. The molecule has 3 rings (SSSR count). The molecule has 0 aromatic heterocycles. The second-order valence-electron chi connectivity index (χ2n) is 11.9. The van der Waals surface area contributed by atoms with Crippen LogP contribution in [0.2, 0.25) is 0 Å². The van der Waals surface area contributed by atoms with Crippen molar-refractivity contribution >= 4 is 53.1 Å². The van der Waals surface area contributed by atoms with Crippen LogP contribution in [0.5, 0.6) is 0 Å². The number of thioether (sulfide) groups is 1. The molecule has 0 aliphatic carbocycles. The molecule has 50 heavy (non-hydrogen) atoms. The molecule has 0 saturated carbocycles. The maximum Gasteiger partial charge on any atom is 0.491 e. The van der Waals surface area contributed by atoms with Gasteiger partial charge in [0.15, 0.2) is 0 Å². The fraction of sp³-hybridized carbons (Fsp3) is 0.594. The van der Waals surface area contributed by atoms with Crippen molar-refractivity contribution in [3.8, 4) is 0 Å². The van der Waals surface area contributed by atoms with Gasteiger partial charge < -0.3 is 42.4 Å². The van der Waals surface area contributed by atoms with Crippen molar-refractivity contribution in [2.45, 2.75) is 55.6 Å². The molecule has 13 nitrogen and oxygen atoms in total. The summed E-state index contributed by atoms with van der Waals surface area (Å²) in [5.74, 6) is -3.29. The first kappa shape index (κ1) is 45.5. The summed E-state index contributed by atoms with van der Waals surface area (Å²) < 4.78 is 41.7. The zero-order valence-electron chi connectivity index (χ0n) is 28.0. The molecule has 10 N–H and O–H groups in total. The number of hydrogen-bond donors (Lipinski definition) is 8. The highest BCUT2D eigenvalue weighted by Gasteiger charge is 2.42. The van der Waals surface area contributed by atoms with Crippen molar-refractivity contribution in [1.82, 2.24) is 9.80 Å². The van der Waals surface area contributed by atoms with E-state index in [1.54, 1.807) is 16.7 Å². The predicted octanol–water partition coefficient (Wildman–Crippen LogP) is 0.808. The third-order valence-electron chi connectivity index (χ3n) is 7.63. The minimum Gasteiger partial charge on any atom is -0.480 e. The highest BCUT2D eigenvalue weighted by Crippen LogP contribution is 2.23. The van der Waals surface area contributed by atoms with E-state index in [1.165, 1.54) is 0 Å². The lowest BCUT2D eigenvalue weighted by Gasteiger charge is -2.31. The van der Waals surface area contributed by atoms with Crippen LogP contribution in [-0.4, -0.2) is 142 Å². The molecule has 18 heteroatoms. The average molecular weight is 754 g/mol. The Kier molecular flexibility index (Phi) is 21.0. The van der Waals surface area contributed by atoms with Gasteiger partial charge in [-0.1, -0.05) is 42.5 Å². The van der Waals surface area contributed by atoms with Gasteiger partial charge in [0.25, 0.3) is 0 Å². The number of carboxylic acid groups (broad SMARTS) is 1. The first-order chi connectivity index (χ1) is 23.5. The van der Waals surface area contributed by atoms with Gasteiger partial charge in [0, 0.05) is 37.5 Å². The number of rotatable bonds is 16. The van der Waals surface area contributed by atoms with Crippen LogP contribution in [0.1, 0.15) is 24.8 Å². The van der Waals surface area contributed by atoms with E-state index in [1.807, 2.05) is 48.7 Å². The molecule has 0 bridgehead atoms. The Hall–Kier alpha value is -2.52. The number of esters is 2. The van der Waals surface area contributed by atoms with Gasteiger partial charge in [-0.05, 0) is 54.2 Å². The maximum atomic E-state index is 12.5. The quantitative estimate of drug-likeness (QED) is 0.0675. The molecule has 2 aromatic carbocycles. The van der Waals surface area contributed by atoms with Gasteiger partial charge in [-0.2, -0.15) is 37.6 Å². The molecular weight excluding hydrogens is 704 g/mol. The fourth-order valence-electron chi connectivity index (χ4n) is 4.75. The second-order valence-corrected chi connectivity index (χ2v) is 13.2. The molecule has 0 radical (unpaired) electrons. The molecule has 0 spiro atoms. The standard InChI is InChI=1S/C23H28F3N3O3S.C5H11NO2S.C4H11NO3/c24-23(25,26)22(31)32-21(30)14-28(13-19-8-4-10-29(19)12-18(27)15-33)11-17-7-3-6-16-5-1-2-9-20(16)17;1-9-3-2-4(6)5(7)8;5-4(1-6,2-7)3-8/h1-3,5-7,9,18-19,33H,4,8,10-15,27H2;4H,2-3,6H2,1H3,(H,7,8);6-8H,1-3,5H2/t18?,19-;;/m0../s1. The first-order valence-corrected chi connectivity index (χ1v) is 17.8. The largest absolute Gasteiger partial charge is 0.491 e. The molecule has 1 aliphatic rings. The number of aliphatic hydroxyl groups excluding tert-OH is 3. The molecule has 0 amide bonds. The molecule has 1 saturated heterocycles. The Bertz CT molecular complexity index is 1310. The van der Waals surface area contributed by atoms with E-state index in [9.17, 15) is 27.6 Å². The number of ether oxygens (including phenoxy) is 1. The molecule has 1 heterocycles. The molecule has 1 aliphatic heterocycles. The number of nitrogens with two attached hydrogens (primary N) is 3. The van der Waals surface area contributed by atoms with Gasteiger partial charge in [-0.25, -0.2) is 4.79 Å². The van der Waals surface area contributed by atoms with Gasteiger partial charge in [0.05, 0.1) is 31.9 Å². The number of fused-ring (bicyclic) bond motifs is 1.